The van der Waals surface area contributed by atoms with E-state index in [0.29, 0.717) is 6.54 Å². The van der Waals surface area contributed by atoms with E-state index in [1.54, 1.807) is 0 Å². The Bertz CT molecular complexity index is 347. The Labute approximate surface area is 96.2 Å². The molecule has 0 saturated carbocycles. The molecule has 0 unspecified atom stereocenters. The van der Waals surface area contributed by atoms with Gasteiger partial charge in [-0.1, -0.05) is 24.6 Å². The molecule has 2 heterocycles. The largest absolute Gasteiger partial charge is 0.348 e. The molecule has 1 aromatic carbocycles. The minimum Gasteiger partial charge on any atom is -0.348 e. The molecular formula is C13H18N2O. The number of fused-ring (bicyclic) bond motifs is 1. The molecule has 3 nitrogen and oxygen atoms in total. The maximum Gasteiger partial charge on any atom is 0.251 e. The van der Waals surface area contributed by atoms with Crippen LogP contribution in [-0.4, -0.2) is 19.0 Å². The first-order valence-corrected chi connectivity index (χ1v) is 5.95. The molecule has 2 aliphatic heterocycles. The van der Waals surface area contributed by atoms with Gasteiger partial charge in [0.1, 0.15) is 0 Å². The highest BCUT2D eigenvalue weighted by Crippen LogP contribution is 2.13. The van der Waals surface area contributed by atoms with Crippen molar-refractivity contribution in [2.45, 2.75) is 25.8 Å². The van der Waals surface area contributed by atoms with Gasteiger partial charge in [0, 0.05) is 12.1 Å². The van der Waals surface area contributed by atoms with Crippen LogP contribution in [0.3, 0.4) is 0 Å². The zero-order valence-corrected chi connectivity index (χ0v) is 9.46. The van der Waals surface area contributed by atoms with Crippen molar-refractivity contribution in [1.82, 2.24) is 10.6 Å². The lowest BCUT2D eigenvalue weighted by Gasteiger charge is -2.08. The minimum atomic E-state index is 0.0515. The van der Waals surface area contributed by atoms with E-state index in [0.717, 1.165) is 11.1 Å². The number of hydrogen-bond donors (Lipinski definition) is 2. The third-order valence-electron chi connectivity index (χ3n) is 2.91. The lowest BCUT2D eigenvalue weighted by molar-refractivity contribution is 0.0966. The van der Waals surface area contributed by atoms with E-state index in [1.807, 2.05) is 24.3 Å². The highest BCUT2D eigenvalue weighted by molar-refractivity contribution is 5.98. The highest BCUT2D eigenvalue weighted by atomic mass is 16.1. The highest BCUT2D eigenvalue weighted by Gasteiger charge is 2.16. The predicted molar refractivity (Wildman–Crippen MR) is 64.3 cm³/mol. The first kappa shape index (κ1) is 11.1. The van der Waals surface area contributed by atoms with Crippen LogP contribution in [0, 0.1) is 0 Å². The Morgan fingerprint density at radius 3 is 2.31 bits per heavy atom. The lowest BCUT2D eigenvalue weighted by atomic mass is 10.1. The van der Waals surface area contributed by atoms with Crippen LogP contribution in [0.4, 0.5) is 0 Å². The standard InChI is InChI=1S/C8H7NO.C5H11N/c10-8-7-4-2-1-3-6(7)5-9-8;1-2-4-6-5-3-1/h1-4H,5H2,(H,9,10);6H,1-5H2. The summed E-state index contributed by atoms with van der Waals surface area (Å²) in [5.41, 5.74) is 1.93. The first-order chi connectivity index (χ1) is 7.88. The second-order valence-corrected chi connectivity index (χ2v) is 4.15. The van der Waals surface area contributed by atoms with Crippen molar-refractivity contribution in [2.75, 3.05) is 13.1 Å². The van der Waals surface area contributed by atoms with Crippen molar-refractivity contribution < 1.29 is 4.79 Å². The molecule has 3 rings (SSSR count). The second kappa shape index (κ2) is 5.66. The number of piperidine rings is 1. The van der Waals surface area contributed by atoms with Gasteiger partial charge < -0.3 is 10.6 Å². The summed E-state index contributed by atoms with van der Waals surface area (Å²) in [5.74, 6) is 0.0515. The topological polar surface area (TPSA) is 41.1 Å². The summed E-state index contributed by atoms with van der Waals surface area (Å²) in [4.78, 5) is 11.0. The number of carbonyl (C=O) groups excluding carboxylic acids is 1. The van der Waals surface area contributed by atoms with Gasteiger partial charge in [0.15, 0.2) is 0 Å². The number of nitrogens with one attached hydrogen (secondary N) is 2. The van der Waals surface area contributed by atoms with Crippen LogP contribution in [0.15, 0.2) is 24.3 Å². The van der Waals surface area contributed by atoms with Crippen molar-refractivity contribution in [2.24, 2.45) is 0 Å². The summed E-state index contributed by atoms with van der Waals surface area (Å²) >= 11 is 0. The van der Waals surface area contributed by atoms with Crippen LogP contribution in [0.2, 0.25) is 0 Å². The van der Waals surface area contributed by atoms with Gasteiger partial charge in [0.25, 0.3) is 5.91 Å². The quantitative estimate of drug-likeness (QED) is 0.695. The fraction of sp³-hybridized carbons (Fsp3) is 0.462. The van der Waals surface area contributed by atoms with Crippen LogP contribution >= 0.6 is 0 Å². The van der Waals surface area contributed by atoms with Crippen molar-refractivity contribution in [3.05, 3.63) is 35.4 Å². The molecule has 2 N–H and O–H groups in total. The van der Waals surface area contributed by atoms with Crippen LogP contribution in [0.5, 0.6) is 0 Å². The van der Waals surface area contributed by atoms with Crippen LogP contribution in [0.25, 0.3) is 0 Å². The Morgan fingerprint density at radius 2 is 1.75 bits per heavy atom. The van der Waals surface area contributed by atoms with Gasteiger partial charge in [-0.15, -0.1) is 0 Å². The average molecular weight is 218 g/mol. The van der Waals surface area contributed by atoms with Crippen LogP contribution < -0.4 is 10.6 Å². The van der Waals surface area contributed by atoms with E-state index in [1.165, 1.54) is 32.4 Å². The van der Waals surface area contributed by atoms with Crippen LogP contribution in [-0.2, 0) is 6.54 Å². The van der Waals surface area contributed by atoms with Gasteiger partial charge in [-0.3, -0.25) is 4.79 Å². The maximum atomic E-state index is 11.0. The van der Waals surface area contributed by atoms with E-state index < -0.39 is 0 Å². The number of carbonyl (C=O) groups is 1. The van der Waals surface area contributed by atoms with E-state index >= 15 is 0 Å². The van der Waals surface area contributed by atoms with Gasteiger partial charge in [0.05, 0.1) is 0 Å². The zero-order chi connectivity index (χ0) is 11.2. The summed E-state index contributed by atoms with van der Waals surface area (Å²) in [7, 11) is 0. The number of amides is 1. The molecule has 1 aromatic rings. The van der Waals surface area contributed by atoms with E-state index in [4.69, 9.17) is 0 Å². The Morgan fingerprint density at radius 1 is 1.00 bits per heavy atom. The van der Waals surface area contributed by atoms with Crippen LogP contribution in [0.1, 0.15) is 35.2 Å². The molecular weight excluding hydrogens is 200 g/mol. The van der Waals surface area contributed by atoms with Gasteiger partial charge in [-0.25, -0.2) is 0 Å². The van der Waals surface area contributed by atoms with Crippen molar-refractivity contribution in [3.63, 3.8) is 0 Å². The summed E-state index contributed by atoms with van der Waals surface area (Å²) in [6, 6.07) is 7.63. The molecule has 16 heavy (non-hydrogen) atoms. The summed E-state index contributed by atoms with van der Waals surface area (Å²) in [5, 5.41) is 6.03. The van der Waals surface area contributed by atoms with Gasteiger partial charge >= 0.3 is 0 Å². The lowest BCUT2D eigenvalue weighted by Crippen LogP contribution is -2.21. The van der Waals surface area contributed by atoms with Crippen molar-refractivity contribution in [3.8, 4) is 0 Å². The monoisotopic (exact) mass is 218 g/mol. The van der Waals surface area contributed by atoms with E-state index in [-0.39, 0.29) is 5.91 Å². The van der Waals surface area contributed by atoms with Crippen molar-refractivity contribution >= 4 is 5.91 Å². The van der Waals surface area contributed by atoms with Gasteiger partial charge in [-0.2, -0.15) is 0 Å². The minimum absolute atomic E-state index is 0.0515. The Balaban J connectivity index is 0.000000138. The third-order valence-corrected chi connectivity index (χ3v) is 2.91. The number of benzene rings is 1. The third kappa shape index (κ3) is 2.83. The number of hydrogen-bond acceptors (Lipinski definition) is 2. The van der Waals surface area contributed by atoms with E-state index in [2.05, 4.69) is 10.6 Å². The molecule has 1 fully saturated rings. The fourth-order valence-electron chi connectivity index (χ4n) is 1.97. The molecule has 0 aliphatic carbocycles. The van der Waals surface area contributed by atoms with Gasteiger partial charge in [-0.05, 0) is 37.6 Å². The molecule has 86 valence electrons. The molecule has 3 heteroatoms. The molecule has 0 spiro atoms. The smallest absolute Gasteiger partial charge is 0.251 e. The Hall–Kier alpha value is -1.35. The Kier molecular flexibility index (Phi) is 3.94. The molecule has 0 radical (unpaired) electrons. The van der Waals surface area contributed by atoms with Gasteiger partial charge in [0.2, 0.25) is 0 Å². The zero-order valence-electron chi connectivity index (χ0n) is 9.46. The van der Waals surface area contributed by atoms with Crippen molar-refractivity contribution in [1.29, 1.82) is 0 Å². The average Bonchev–Trinajstić information content (AvgIpc) is 2.75. The predicted octanol–water partition coefficient (Wildman–Crippen LogP) is 1.69. The molecule has 1 saturated heterocycles. The molecule has 0 aromatic heterocycles. The first-order valence-electron chi connectivity index (χ1n) is 5.95. The second-order valence-electron chi connectivity index (χ2n) is 4.15. The summed E-state index contributed by atoms with van der Waals surface area (Å²) in [6.07, 6.45) is 4.22. The van der Waals surface area contributed by atoms with E-state index in [9.17, 15) is 4.79 Å². The molecule has 0 bridgehead atoms. The fourth-order valence-corrected chi connectivity index (χ4v) is 1.97. The molecule has 1 amide bonds. The summed E-state index contributed by atoms with van der Waals surface area (Å²) in [6.45, 7) is 3.19. The summed E-state index contributed by atoms with van der Waals surface area (Å²) < 4.78 is 0. The SMILES string of the molecule is C1CCNCC1.O=C1NCc2ccccc21. The number of rotatable bonds is 0. The normalized spacial score (nSPS) is 18.1. The molecule has 0 atom stereocenters. The molecule has 2 aliphatic rings. The maximum absolute atomic E-state index is 11.0.